The highest BCUT2D eigenvalue weighted by molar-refractivity contribution is 7.91. The maximum atomic E-state index is 11.5. The minimum Gasteiger partial charge on any atom is -0.303 e. The molecule has 2 rings (SSSR count). The lowest BCUT2D eigenvalue weighted by Crippen LogP contribution is -2.23. The molecule has 1 aliphatic heterocycles. The lowest BCUT2D eigenvalue weighted by Gasteiger charge is -2.19. The smallest absolute Gasteiger partial charge is 0.151 e. The first-order valence-electron chi connectivity index (χ1n) is 5.19. The van der Waals surface area contributed by atoms with Crippen LogP contribution in [0, 0.1) is 0 Å². The summed E-state index contributed by atoms with van der Waals surface area (Å²) in [6.07, 6.45) is 2.73. The van der Waals surface area contributed by atoms with E-state index in [1.165, 1.54) is 11.3 Å². The number of carbonyl (C=O) groups excluding carboxylic acids is 1. The average Bonchev–Trinajstić information content (AvgIpc) is 2.65. The van der Waals surface area contributed by atoms with E-state index in [2.05, 4.69) is 4.98 Å². The van der Waals surface area contributed by atoms with E-state index in [1.807, 2.05) is 5.38 Å². The molecule has 16 heavy (non-hydrogen) atoms. The molecule has 6 heteroatoms. The number of nitrogens with zero attached hydrogens (tertiary/aromatic N) is 1. The van der Waals surface area contributed by atoms with Gasteiger partial charge in [-0.1, -0.05) is 0 Å². The van der Waals surface area contributed by atoms with Crippen molar-refractivity contribution < 1.29 is 13.2 Å². The Balaban J connectivity index is 2.14. The maximum absolute atomic E-state index is 11.5. The molecule has 0 N–H and O–H groups in total. The van der Waals surface area contributed by atoms with E-state index in [4.69, 9.17) is 0 Å². The third-order valence-corrected chi connectivity index (χ3v) is 5.55. The number of thiazole rings is 1. The Hall–Kier alpha value is -0.750. The first-order chi connectivity index (χ1) is 7.61. The standard InChI is InChI=1S/C10H13NO3S2/c12-4-3-9-6-15-10(11-9)8-2-1-5-16(13,14)7-8/h4,6,8H,1-3,5,7H2. The van der Waals surface area contributed by atoms with Crippen molar-refractivity contribution in [1.29, 1.82) is 0 Å². The van der Waals surface area contributed by atoms with Gasteiger partial charge in [0, 0.05) is 17.7 Å². The molecule has 0 radical (unpaired) electrons. The molecule has 0 aromatic carbocycles. The Bertz CT molecular complexity index is 478. The third kappa shape index (κ3) is 2.68. The number of rotatable bonds is 3. The fourth-order valence-electron chi connectivity index (χ4n) is 1.91. The summed E-state index contributed by atoms with van der Waals surface area (Å²) in [6.45, 7) is 0. The number of carbonyl (C=O) groups is 1. The van der Waals surface area contributed by atoms with Crippen molar-refractivity contribution >= 4 is 27.5 Å². The van der Waals surface area contributed by atoms with Gasteiger partial charge in [0.2, 0.25) is 0 Å². The molecule has 1 unspecified atom stereocenters. The topological polar surface area (TPSA) is 64.1 Å². The van der Waals surface area contributed by atoms with Crippen molar-refractivity contribution in [3.63, 3.8) is 0 Å². The summed E-state index contributed by atoms with van der Waals surface area (Å²) in [5.74, 6) is 0.543. The molecular formula is C10H13NO3S2. The molecule has 2 heterocycles. The van der Waals surface area contributed by atoms with Crippen molar-refractivity contribution in [1.82, 2.24) is 4.98 Å². The van der Waals surface area contributed by atoms with Crippen molar-refractivity contribution in [2.45, 2.75) is 25.2 Å². The van der Waals surface area contributed by atoms with Crippen LogP contribution in [0.15, 0.2) is 5.38 Å². The van der Waals surface area contributed by atoms with Gasteiger partial charge in [0.1, 0.15) is 6.29 Å². The third-order valence-electron chi connectivity index (χ3n) is 2.67. The molecule has 1 fully saturated rings. The van der Waals surface area contributed by atoms with Gasteiger partial charge in [0.25, 0.3) is 0 Å². The molecule has 88 valence electrons. The number of hydrogen-bond acceptors (Lipinski definition) is 5. The molecule has 0 saturated carbocycles. The van der Waals surface area contributed by atoms with Crippen LogP contribution in [0.25, 0.3) is 0 Å². The summed E-state index contributed by atoms with van der Waals surface area (Å²) in [5.41, 5.74) is 0.748. The molecule has 0 spiro atoms. The quantitative estimate of drug-likeness (QED) is 0.765. The van der Waals surface area contributed by atoms with Gasteiger partial charge in [-0.15, -0.1) is 11.3 Å². The van der Waals surface area contributed by atoms with Gasteiger partial charge in [-0.05, 0) is 12.8 Å². The predicted molar refractivity (Wildman–Crippen MR) is 62.5 cm³/mol. The number of aldehydes is 1. The fourth-order valence-corrected chi connectivity index (χ4v) is 4.69. The summed E-state index contributed by atoms with van der Waals surface area (Å²) in [7, 11) is -2.89. The van der Waals surface area contributed by atoms with E-state index >= 15 is 0 Å². The van der Waals surface area contributed by atoms with Crippen LogP contribution in [-0.4, -0.2) is 31.2 Å². The van der Waals surface area contributed by atoms with E-state index in [0.29, 0.717) is 12.2 Å². The molecule has 1 aromatic rings. The van der Waals surface area contributed by atoms with Crippen molar-refractivity contribution in [3.8, 4) is 0 Å². The van der Waals surface area contributed by atoms with Crippen LogP contribution in [-0.2, 0) is 21.1 Å². The SMILES string of the molecule is O=CCc1csc(C2CCCS(=O)(=O)C2)n1. The van der Waals surface area contributed by atoms with Gasteiger partial charge in [-0.3, -0.25) is 0 Å². The highest BCUT2D eigenvalue weighted by Crippen LogP contribution is 2.30. The van der Waals surface area contributed by atoms with Crippen LogP contribution in [0.3, 0.4) is 0 Å². The lowest BCUT2D eigenvalue weighted by molar-refractivity contribution is -0.107. The van der Waals surface area contributed by atoms with Crippen molar-refractivity contribution in [2.24, 2.45) is 0 Å². The molecule has 1 atom stereocenters. The normalized spacial score (nSPS) is 24.1. The number of sulfone groups is 1. The van der Waals surface area contributed by atoms with Crippen LogP contribution in [0.1, 0.15) is 29.5 Å². The molecule has 0 aliphatic carbocycles. The first-order valence-corrected chi connectivity index (χ1v) is 7.89. The van der Waals surface area contributed by atoms with Crippen LogP contribution >= 0.6 is 11.3 Å². The first kappa shape index (κ1) is 11.7. The highest BCUT2D eigenvalue weighted by Gasteiger charge is 2.27. The highest BCUT2D eigenvalue weighted by atomic mass is 32.2. The Labute approximate surface area is 98.6 Å². The second-order valence-corrected chi connectivity index (χ2v) is 7.12. The van der Waals surface area contributed by atoms with Crippen molar-refractivity contribution in [3.05, 3.63) is 16.1 Å². The molecule has 1 saturated heterocycles. The monoisotopic (exact) mass is 259 g/mol. The largest absolute Gasteiger partial charge is 0.303 e. The van der Waals surface area contributed by atoms with Gasteiger partial charge in [-0.2, -0.15) is 0 Å². The Morgan fingerprint density at radius 2 is 2.38 bits per heavy atom. The average molecular weight is 259 g/mol. The summed E-state index contributed by atoms with van der Waals surface area (Å²) in [6, 6.07) is 0. The minimum atomic E-state index is -2.89. The number of hydrogen-bond donors (Lipinski definition) is 0. The van der Waals surface area contributed by atoms with E-state index in [-0.39, 0.29) is 11.7 Å². The second kappa shape index (κ2) is 4.63. The van der Waals surface area contributed by atoms with Gasteiger partial charge in [0.05, 0.1) is 22.2 Å². The predicted octanol–water partition coefficient (Wildman–Crippen LogP) is 1.18. The zero-order valence-corrected chi connectivity index (χ0v) is 10.4. The van der Waals surface area contributed by atoms with Crippen LogP contribution in [0.4, 0.5) is 0 Å². The van der Waals surface area contributed by atoms with E-state index in [1.54, 1.807) is 0 Å². The lowest BCUT2D eigenvalue weighted by atomic mass is 10.1. The van der Waals surface area contributed by atoms with E-state index < -0.39 is 9.84 Å². The molecule has 1 aromatic heterocycles. The summed E-state index contributed by atoms with van der Waals surface area (Å²) >= 11 is 1.46. The zero-order chi connectivity index (χ0) is 11.6. The van der Waals surface area contributed by atoms with Gasteiger partial charge in [0.15, 0.2) is 9.84 Å². The van der Waals surface area contributed by atoms with E-state index in [0.717, 1.165) is 29.8 Å². The van der Waals surface area contributed by atoms with Crippen LogP contribution in [0.2, 0.25) is 0 Å². The van der Waals surface area contributed by atoms with Gasteiger partial charge >= 0.3 is 0 Å². The zero-order valence-electron chi connectivity index (χ0n) is 8.76. The summed E-state index contributed by atoms with van der Waals surface area (Å²) < 4.78 is 23.0. The van der Waals surface area contributed by atoms with Crippen LogP contribution < -0.4 is 0 Å². The van der Waals surface area contributed by atoms with Gasteiger partial charge < -0.3 is 4.79 Å². The molecule has 0 bridgehead atoms. The van der Waals surface area contributed by atoms with Gasteiger partial charge in [-0.25, -0.2) is 13.4 Å². The molecule has 1 aliphatic rings. The fraction of sp³-hybridized carbons (Fsp3) is 0.600. The van der Waals surface area contributed by atoms with Crippen LogP contribution in [0.5, 0.6) is 0 Å². The second-order valence-electron chi connectivity index (χ2n) is 4.00. The Morgan fingerprint density at radius 1 is 1.56 bits per heavy atom. The number of aromatic nitrogens is 1. The minimum absolute atomic E-state index is 0.0316. The summed E-state index contributed by atoms with van der Waals surface area (Å²) in [5, 5.41) is 2.70. The maximum Gasteiger partial charge on any atom is 0.151 e. The Kier molecular flexibility index (Phi) is 3.39. The molecule has 4 nitrogen and oxygen atoms in total. The molecular weight excluding hydrogens is 246 g/mol. The van der Waals surface area contributed by atoms with E-state index in [9.17, 15) is 13.2 Å². The molecule has 0 amide bonds. The van der Waals surface area contributed by atoms with Crippen molar-refractivity contribution in [2.75, 3.05) is 11.5 Å². The summed E-state index contributed by atoms with van der Waals surface area (Å²) in [4.78, 5) is 14.6. The Morgan fingerprint density at radius 3 is 3.06 bits per heavy atom.